The average Bonchev–Trinajstić information content (AvgIpc) is 2.44. The van der Waals surface area contributed by atoms with Crippen molar-refractivity contribution in [3.63, 3.8) is 0 Å². The fourth-order valence-electron chi connectivity index (χ4n) is 2.70. The van der Waals surface area contributed by atoms with Crippen LogP contribution >= 0.6 is 11.6 Å². The van der Waals surface area contributed by atoms with E-state index in [9.17, 15) is 4.79 Å². The number of hydrogen-bond acceptors (Lipinski definition) is 4. The summed E-state index contributed by atoms with van der Waals surface area (Å²) in [6, 6.07) is 3.53. The number of carbonyl (C=O) groups is 1. The van der Waals surface area contributed by atoms with Gasteiger partial charge in [0.25, 0.3) is 0 Å². The minimum absolute atomic E-state index is 0.155. The van der Waals surface area contributed by atoms with E-state index in [1.54, 1.807) is 0 Å². The molecule has 0 aromatic carbocycles. The maximum atomic E-state index is 11.0. The van der Waals surface area contributed by atoms with Crippen molar-refractivity contribution in [2.45, 2.75) is 38.6 Å². The van der Waals surface area contributed by atoms with Crippen LogP contribution in [0.25, 0.3) is 0 Å². The summed E-state index contributed by atoms with van der Waals surface area (Å²) in [5.74, 6) is -0.476. The van der Waals surface area contributed by atoms with E-state index in [2.05, 4.69) is 22.1 Å². The maximum absolute atomic E-state index is 11.0. The molecule has 2 N–H and O–H groups in total. The molecule has 1 aliphatic rings. The normalized spacial score (nSPS) is 19.4. The van der Waals surface area contributed by atoms with Gasteiger partial charge in [0.2, 0.25) is 0 Å². The van der Waals surface area contributed by atoms with Crippen molar-refractivity contribution in [1.82, 2.24) is 9.88 Å². The summed E-state index contributed by atoms with van der Waals surface area (Å²) < 4.78 is 0. The van der Waals surface area contributed by atoms with Crippen molar-refractivity contribution in [2.75, 3.05) is 25.0 Å². The molecule has 0 saturated carbocycles. The lowest BCUT2D eigenvalue weighted by atomic mass is 10.0. The maximum Gasteiger partial charge on any atom is 0.335 e. The number of anilines is 1. The SMILES string of the molecule is CC1CCCCN1CCCNc1cc(C(=O)O)cc(Cl)n1. The van der Waals surface area contributed by atoms with Gasteiger partial charge in [-0.1, -0.05) is 18.0 Å². The first-order valence-corrected chi connectivity index (χ1v) is 7.83. The molecule has 0 aliphatic carbocycles. The minimum atomic E-state index is -0.996. The highest BCUT2D eigenvalue weighted by molar-refractivity contribution is 6.29. The lowest BCUT2D eigenvalue weighted by molar-refractivity contribution is 0.0697. The van der Waals surface area contributed by atoms with E-state index in [4.69, 9.17) is 16.7 Å². The molecule has 0 amide bonds. The van der Waals surface area contributed by atoms with Crippen LogP contribution in [-0.4, -0.2) is 46.6 Å². The van der Waals surface area contributed by atoms with Crippen molar-refractivity contribution in [2.24, 2.45) is 0 Å². The van der Waals surface area contributed by atoms with Crippen molar-refractivity contribution in [3.05, 3.63) is 22.8 Å². The summed E-state index contributed by atoms with van der Waals surface area (Å²) in [6.07, 6.45) is 4.90. The van der Waals surface area contributed by atoms with Gasteiger partial charge in [0.15, 0.2) is 0 Å². The van der Waals surface area contributed by atoms with Gasteiger partial charge >= 0.3 is 5.97 Å². The summed E-state index contributed by atoms with van der Waals surface area (Å²) in [6.45, 7) is 5.28. The Bertz CT molecular complexity index is 496. The molecular formula is C15H22ClN3O2. The van der Waals surface area contributed by atoms with Gasteiger partial charge in [-0.2, -0.15) is 0 Å². The van der Waals surface area contributed by atoms with Crippen LogP contribution in [0.1, 0.15) is 43.0 Å². The van der Waals surface area contributed by atoms with Crippen LogP contribution < -0.4 is 5.32 Å². The lowest BCUT2D eigenvalue weighted by Gasteiger charge is -2.33. The molecule has 1 aliphatic heterocycles. The van der Waals surface area contributed by atoms with Crippen LogP contribution in [0.5, 0.6) is 0 Å². The van der Waals surface area contributed by atoms with E-state index in [0.29, 0.717) is 11.9 Å². The summed E-state index contributed by atoms with van der Waals surface area (Å²) in [5, 5.41) is 12.3. The Hall–Kier alpha value is -1.33. The Kier molecular flexibility index (Phi) is 5.82. The van der Waals surface area contributed by atoms with Gasteiger partial charge in [0, 0.05) is 19.1 Å². The monoisotopic (exact) mass is 311 g/mol. The van der Waals surface area contributed by atoms with Crippen molar-refractivity contribution in [3.8, 4) is 0 Å². The number of piperidine rings is 1. The van der Waals surface area contributed by atoms with Gasteiger partial charge in [-0.15, -0.1) is 0 Å². The molecule has 1 unspecified atom stereocenters. The van der Waals surface area contributed by atoms with E-state index in [1.165, 1.54) is 37.9 Å². The summed E-state index contributed by atoms with van der Waals surface area (Å²) in [7, 11) is 0. The minimum Gasteiger partial charge on any atom is -0.478 e. The molecular weight excluding hydrogens is 290 g/mol. The highest BCUT2D eigenvalue weighted by Gasteiger charge is 2.17. The highest BCUT2D eigenvalue weighted by Crippen LogP contribution is 2.17. The molecule has 5 nitrogen and oxygen atoms in total. The molecule has 1 aromatic rings. The van der Waals surface area contributed by atoms with E-state index < -0.39 is 5.97 Å². The second kappa shape index (κ2) is 7.61. The van der Waals surface area contributed by atoms with Crippen LogP contribution in [0.3, 0.4) is 0 Å². The smallest absolute Gasteiger partial charge is 0.335 e. The van der Waals surface area contributed by atoms with E-state index >= 15 is 0 Å². The summed E-state index contributed by atoms with van der Waals surface area (Å²) in [5.41, 5.74) is 0.155. The third-order valence-electron chi connectivity index (χ3n) is 3.91. The number of halogens is 1. The molecule has 1 atom stereocenters. The number of aromatic nitrogens is 1. The standard InChI is InChI=1S/C15H22ClN3O2/c1-11-5-2-3-7-19(11)8-4-6-17-14-10-12(15(20)21)9-13(16)18-14/h9-11H,2-8H2,1H3,(H,17,18)(H,20,21). The van der Waals surface area contributed by atoms with Crippen LogP contribution in [-0.2, 0) is 0 Å². The number of rotatable bonds is 6. The molecule has 0 bridgehead atoms. The topological polar surface area (TPSA) is 65.5 Å². The number of carboxylic acid groups (broad SMARTS) is 1. The number of hydrogen-bond donors (Lipinski definition) is 2. The molecule has 2 heterocycles. The van der Waals surface area contributed by atoms with Crippen LogP contribution in [0.15, 0.2) is 12.1 Å². The number of carboxylic acids is 1. The Morgan fingerprint density at radius 3 is 3.05 bits per heavy atom. The van der Waals surface area contributed by atoms with Gasteiger partial charge in [0.1, 0.15) is 11.0 Å². The van der Waals surface area contributed by atoms with Gasteiger partial charge in [-0.25, -0.2) is 9.78 Å². The summed E-state index contributed by atoms with van der Waals surface area (Å²) >= 11 is 5.83. The number of nitrogens with one attached hydrogen (secondary N) is 1. The van der Waals surface area contributed by atoms with Crippen LogP contribution in [0.2, 0.25) is 5.15 Å². The number of nitrogens with zero attached hydrogens (tertiary/aromatic N) is 2. The van der Waals surface area contributed by atoms with Crippen LogP contribution in [0.4, 0.5) is 5.82 Å². The third kappa shape index (κ3) is 4.86. The highest BCUT2D eigenvalue weighted by atomic mass is 35.5. The number of likely N-dealkylation sites (tertiary alicyclic amines) is 1. The number of pyridine rings is 1. The second-order valence-electron chi connectivity index (χ2n) is 5.53. The van der Waals surface area contributed by atoms with Gasteiger partial charge in [-0.3, -0.25) is 0 Å². The summed E-state index contributed by atoms with van der Waals surface area (Å²) in [4.78, 5) is 17.6. The molecule has 21 heavy (non-hydrogen) atoms. The molecule has 116 valence electrons. The first-order chi connectivity index (χ1) is 10.1. The van der Waals surface area contributed by atoms with Crippen molar-refractivity contribution in [1.29, 1.82) is 0 Å². The van der Waals surface area contributed by atoms with Gasteiger partial charge < -0.3 is 15.3 Å². The molecule has 1 fully saturated rings. The lowest BCUT2D eigenvalue weighted by Crippen LogP contribution is -2.38. The number of aromatic carboxylic acids is 1. The zero-order chi connectivity index (χ0) is 15.2. The predicted molar refractivity (Wildman–Crippen MR) is 84.2 cm³/mol. The Morgan fingerprint density at radius 2 is 2.33 bits per heavy atom. The molecule has 2 rings (SSSR count). The fourth-order valence-corrected chi connectivity index (χ4v) is 2.91. The zero-order valence-electron chi connectivity index (χ0n) is 12.3. The quantitative estimate of drug-likeness (QED) is 0.624. The van der Waals surface area contributed by atoms with Gasteiger partial charge in [0.05, 0.1) is 5.56 Å². The van der Waals surface area contributed by atoms with E-state index in [-0.39, 0.29) is 10.7 Å². The molecule has 0 spiro atoms. The molecule has 0 radical (unpaired) electrons. The predicted octanol–water partition coefficient (Wildman–Crippen LogP) is 3.11. The molecule has 1 aromatic heterocycles. The Balaban J connectivity index is 1.79. The second-order valence-corrected chi connectivity index (χ2v) is 5.92. The van der Waals surface area contributed by atoms with Gasteiger partial charge in [-0.05, 0) is 44.9 Å². The van der Waals surface area contributed by atoms with Crippen LogP contribution in [0, 0.1) is 0 Å². The van der Waals surface area contributed by atoms with Crippen molar-refractivity contribution < 1.29 is 9.90 Å². The fraction of sp³-hybridized carbons (Fsp3) is 0.600. The van der Waals surface area contributed by atoms with Crippen molar-refractivity contribution >= 4 is 23.4 Å². The average molecular weight is 312 g/mol. The molecule has 1 saturated heterocycles. The largest absolute Gasteiger partial charge is 0.478 e. The Morgan fingerprint density at radius 1 is 1.52 bits per heavy atom. The first-order valence-electron chi connectivity index (χ1n) is 7.45. The third-order valence-corrected chi connectivity index (χ3v) is 4.10. The molecule has 6 heteroatoms. The van der Waals surface area contributed by atoms with E-state index in [0.717, 1.165) is 19.5 Å². The zero-order valence-corrected chi connectivity index (χ0v) is 13.1. The first kappa shape index (κ1) is 16.0. The Labute approximate surface area is 130 Å². The van der Waals surface area contributed by atoms with E-state index in [1.807, 2.05) is 0 Å².